The molecule has 0 aliphatic carbocycles. The highest BCUT2D eigenvalue weighted by Gasteiger charge is 2.18. The van der Waals surface area contributed by atoms with E-state index in [9.17, 15) is 9.90 Å². The lowest BCUT2D eigenvalue weighted by atomic mass is 9.99. The number of nitrogens with zero attached hydrogens (tertiary/aromatic N) is 2. The third-order valence-corrected chi connectivity index (χ3v) is 4.22. The largest absolute Gasteiger partial charge is 0.390 e. The van der Waals surface area contributed by atoms with Gasteiger partial charge in [0.15, 0.2) is 0 Å². The van der Waals surface area contributed by atoms with Gasteiger partial charge in [-0.3, -0.25) is 4.98 Å². The van der Waals surface area contributed by atoms with Gasteiger partial charge in [-0.2, -0.15) is 0 Å². The molecule has 1 aliphatic heterocycles. The topological polar surface area (TPSA) is 77.5 Å². The molecule has 23 heavy (non-hydrogen) atoms. The van der Waals surface area contributed by atoms with Gasteiger partial charge in [-0.25, -0.2) is 4.79 Å². The van der Waals surface area contributed by atoms with Crippen molar-refractivity contribution in [2.75, 3.05) is 26.2 Å². The highest BCUT2D eigenvalue weighted by atomic mass is 16.3. The van der Waals surface area contributed by atoms with E-state index in [1.54, 1.807) is 0 Å². The summed E-state index contributed by atoms with van der Waals surface area (Å²) in [4.78, 5) is 18.4. The molecule has 0 saturated carbocycles. The van der Waals surface area contributed by atoms with E-state index in [4.69, 9.17) is 0 Å². The molecule has 6 nitrogen and oxygen atoms in total. The number of carbonyl (C=O) groups is 1. The summed E-state index contributed by atoms with van der Waals surface area (Å²) < 4.78 is 0. The summed E-state index contributed by atoms with van der Waals surface area (Å²) in [6, 6.07) is 5.43. The smallest absolute Gasteiger partial charge is 0.315 e. The molecule has 128 valence electrons. The molecule has 1 fully saturated rings. The highest BCUT2D eigenvalue weighted by Crippen LogP contribution is 2.15. The van der Waals surface area contributed by atoms with Gasteiger partial charge in [0.25, 0.3) is 0 Å². The van der Waals surface area contributed by atoms with Crippen LogP contribution in [0.3, 0.4) is 0 Å². The van der Waals surface area contributed by atoms with Crippen molar-refractivity contribution in [1.29, 1.82) is 0 Å². The van der Waals surface area contributed by atoms with Crippen LogP contribution in [0.25, 0.3) is 0 Å². The van der Waals surface area contributed by atoms with Gasteiger partial charge < -0.3 is 20.6 Å². The van der Waals surface area contributed by atoms with Gasteiger partial charge in [0, 0.05) is 18.8 Å². The molecule has 0 radical (unpaired) electrons. The maximum Gasteiger partial charge on any atom is 0.315 e. The summed E-state index contributed by atoms with van der Waals surface area (Å²) in [5.74, 6) is 0.780. The minimum Gasteiger partial charge on any atom is -0.390 e. The molecule has 1 unspecified atom stereocenters. The van der Waals surface area contributed by atoms with Gasteiger partial charge >= 0.3 is 6.03 Å². The van der Waals surface area contributed by atoms with E-state index >= 15 is 0 Å². The van der Waals surface area contributed by atoms with Gasteiger partial charge in [0.05, 0.1) is 18.3 Å². The molecular formula is C17H28N4O2. The second-order valence-electron chi connectivity index (χ2n) is 6.47. The number of piperidine rings is 1. The van der Waals surface area contributed by atoms with Crippen LogP contribution in [0.2, 0.25) is 0 Å². The van der Waals surface area contributed by atoms with Crippen molar-refractivity contribution in [3.05, 3.63) is 29.6 Å². The van der Waals surface area contributed by atoms with Gasteiger partial charge in [0.1, 0.15) is 0 Å². The molecular weight excluding hydrogens is 292 g/mol. The molecule has 1 saturated heterocycles. The first-order valence-corrected chi connectivity index (χ1v) is 8.37. The third-order valence-electron chi connectivity index (χ3n) is 4.22. The van der Waals surface area contributed by atoms with E-state index < -0.39 is 6.10 Å². The van der Waals surface area contributed by atoms with Crippen LogP contribution >= 0.6 is 0 Å². The van der Waals surface area contributed by atoms with E-state index in [1.807, 2.05) is 25.1 Å². The number of urea groups is 1. The molecule has 1 aliphatic rings. The number of hydrogen-bond donors (Lipinski definition) is 3. The van der Waals surface area contributed by atoms with Crippen molar-refractivity contribution in [2.24, 2.45) is 5.92 Å². The summed E-state index contributed by atoms with van der Waals surface area (Å²) >= 11 is 0. The first-order valence-electron chi connectivity index (χ1n) is 8.37. The van der Waals surface area contributed by atoms with Crippen molar-refractivity contribution in [3.63, 3.8) is 0 Å². The SMILES string of the molecule is Cc1cccc(CNC(=O)NCC(O)CN2CCC(C)CC2)n1. The minimum atomic E-state index is -0.536. The van der Waals surface area contributed by atoms with Crippen LogP contribution in [-0.4, -0.2) is 53.3 Å². The first kappa shape index (κ1) is 17.7. The fourth-order valence-electron chi connectivity index (χ4n) is 2.75. The maximum absolute atomic E-state index is 11.8. The van der Waals surface area contributed by atoms with Crippen molar-refractivity contribution >= 4 is 6.03 Å². The number of β-amino-alcohol motifs (C(OH)–C–C–N with tert-alkyl or cyclic N) is 1. The molecule has 1 atom stereocenters. The fraction of sp³-hybridized carbons (Fsp3) is 0.647. The number of amides is 2. The predicted octanol–water partition coefficient (Wildman–Crippen LogP) is 1.28. The number of carbonyl (C=O) groups excluding carboxylic acids is 1. The van der Waals surface area contributed by atoms with E-state index in [0.29, 0.717) is 13.1 Å². The second kappa shape index (κ2) is 8.84. The minimum absolute atomic E-state index is 0.263. The summed E-state index contributed by atoms with van der Waals surface area (Å²) in [7, 11) is 0. The Labute approximate surface area is 138 Å². The van der Waals surface area contributed by atoms with Gasteiger partial charge in [-0.15, -0.1) is 0 Å². The molecule has 0 bridgehead atoms. The van der Waals surface area contributed by atoms with Crippen LogP contribution in [0.4, 0.5) is 4.79 Å². The van der Waals surface area contributed by atoms with Crippen LogP contribution < -0.4 is 10.6 Å². The molecule has 6 heteroatoms. The van der Waals surface area contributed by atoms with Crippen molar-refractivity contribution in [1.82, 2.24) is 20.5 Å². The Morgan fingerprint density at radius 1 is 1.39 bits per heavy atom. The number of hydrogen-bond acceptors (Lipinski definition) is 4. The molecule has 2 heterocycles. The first-order chi connectivity index (χ1) is 11.0. The Morgan fingerprint density at radius 3 is 2.83 bits per heavy atom. The van der Waals surface area contributed by atoms with Crippen LogP contribution in [0.1, 0.15) is 31.2 Å². The molecule has 0 aromatic carbocycles. The number of rotatable bonds is 6. The summed E-state index contributed by atoms with van der Waals surface area (Å²) in [6.45, 7) is 7.51. The summed E-state index contributed by atoms with van der Waals surface area (Å²) in [6.07, 6.45) is 1.83. The summed E-state index contributed by atoms with van der Waals surface area (Å²) in [5.41, 5.74) is 1.75. The van der Waals surface area contributed by atoms with Crippen LogP contribution in [-0.2, 0) is 6.54 Å². The summed E-state index contributed by atoms with van der Waals surface area (Å²) in [5, 5.41) is 15.5. The van der Waals surface area contributed by atoms with Crippen LogP contribution in [0.5, 0.6) is 0 Å². The Morgan fingerprint density at radius 2 is 2.13 bits per heavy atom. The molecule has 1 aromatic heterocycles. The fourth-order valence-corrected chi connectivity index (χ4v) is 2.75. The molecule has 1 aromatic rings. The van der Waals surface area contributed by atoms with Crippen molar-refractivity contribution < 1.29 is 9.90 Å². The molecule has 2 rings (SSSR count). The van der Waals surface area contributed by atoms with Crippen LogP contribution in [0, 0.1) is 12.8 Å². The lowest BCUT2D eigenvalue weighted by Gasteiger charge is -2.31. The molecule has 3 N–H and O–H groups in total. The Hall–Kier alpha value is -1.66. The zero-order valence-electron chi connectivity index (χ0n) is 14.1. The number of nitrogens with one attached hydrogen (secondary N) is 2. The van der Waals surface area contributed by atoms with Crippen molar-refractivity contribution in [3.8, 4) is 0 Å². The Kier molecular flexibility index (Phi) is 6.80. The average Bonchev–Trinajstić information content (AvgIpc) is 2.53. The average molecular weight is 320 g/mol. The quantitative estimate of drug-likeness (QED) is 0.738. The number of likely N-dealkylation sites (tertiary alicyclic amines) is 1. The van der Waals surface area contributed by atoms with E-state index in [2.05, 4.69) is 27.4 Å². The predicted molar refractivity (Wildman–Crippen MR) is 90.1 cm³/mol. The number of aliphatic hydroxyl groups excluding tert-OH is 1. The zero-order chi connectivity index (χ0) is 16.7. The van der Waals surface area contributed by atoms with Gasteiger partial charge in [0.2, 0.25) is 0 Å². The molecule has 2 amide bonds. The van der Waals surface area contributed by atoms with E-state index in [0.717, 1.165) is 30.4 Å². The standard InChI is InChI=1S/C17H28N4O2/c1-13-6-8-21(9-7-13)12-16(22)11-19-17(23)18-10-15-5-3-4-14(2)20-15/h3-5,13,16,22H,6-12H2,1-2H3,(H2,18,19,23). The molecule has 0 spiro atoms. The number of aromatic nitrogens is 1. The van der Waals surface area contributed by atoms with Gasteiger partial charge in [-0.1, -0.05) is 13.0 Å². The normalized spacial score (nSPS) is 17.7. The lowest BCUT2D eigenvalue weighted by Crippen LogP contribution is -2.45. The Bertz CT molecular complexity index is 501. The van der Waals surface area contributed by atoms with Crippen molar-refractivity contribution in [2.45, 2.75) is 39.3 Å². The highest BCUT2D eigenvalue weighted by molar-refractivity contribution is 5.73. The van der Waals surface area contributed by atoms with Crippen LogP contribution in [0.15, 0.2) is 18.2 Å². The zero-order valence-corrected chi connectivity index (χ0v) is 14.1. The van der Waals surface area contributed by atoms with E-state index in [-0.39, 0.29) is 12.6 Å². The maximum atomic E-state index is 11.8. The lowest BCUT2D eigenvalue weighted by molar-refractivity contribution is 0.0920. The van der Waals surface area contributed by atoms with E-state index in [1.165, 1.54) is 12.8 Å². The number of aliphatic hydroxyl groups is 1. The third kappa shape index (κ3) is 6.54. The Balaban J connectivity index is 1.62. The van der Waals surface area contributed by atoms with Gasteiger partial charge in [-0.05, 0) is 50.9 Å². The monoisotopic (exact) mass is 320 g/mol. The number of aryl methyl sites for hydroxylation is 1. The number of pyridine rings is 1. The second-order valence-corrected chi connectivity index (χ2v) is 6.47.